The molecule has 0 aliphatic carbocycles. The zero-order valence-corrected chi connectivity index (χ0v) is 8.43. The molecule has 1 saturated heterocycles. The smallest absolute Gasteiger partial charge is 0.330 e. The molecule has 2 amide bonds. The molecule has 1 heterocycles. The summed E-state index contributed by atoms with van der Waals surface area (Å²) in [6.45, 7) is 1.59. The molecule has 0 saturated carbocycles. The van der Waals surface area contributed by atoms with Crippen LogP contribution in [0.25, 0.3) is 0 Å². The van der Waals surface area contributed by atoms with Crippen molar-refractivity contribution >= 4 is 34.9 Å². The number of thiocarbonyl (C=S) groups is 1. The monoisotopic (exact) mass is 215 g/mol. The van der Waals surface area contributed by atoms with Gasteiger partial charge in [0.2, 0.25) is 0 Å². The Kier molecular flexibility index (Phi) is 3.29. The summed E-state index contributed by atoms with van der Waals surface area (Å²) in [4.78, 5) is 38.1. The Hall–Kier alpha value is -1.30. The van der Waals surface area contributed by atoms with E-state index in [4.69, 9.17) is 0 Å². The van der Waals surface area contributed by atoms with Crippen molar-refractivity contribution in [3.05, 3.63) is 0 Å². The number of amides is 2. The van der Waals surface area contributed by atoms with Gasteiger partial charge in [0.1, 0.15) is 0 Å². The molecule has 1 fully saturated rings. The lowest BCUT2D eigenvalue weighted by atomic mass is 10.3. The molecule has 1 rings (SSSR count). The minimum atomic E-state index is -0.680. The van der Waals surface area contributed by atoms with Gasteiger partial charge in [0.25, 0.3) is 11.8 Å². The summed E-state index contributed by atoms with van der Waals surface area (Å²) in [6, 6.07) is 0. The number of imide groups is 1. The van der Waals surface area contributed by atoms with E-state index in [9.17, 15) is 14.4 Å². The van der Waals surface area contributed by atoms with E-state index in [1.807, 2.05) is 0 Å². The molecule has 0 radical (unpaired) electrons. The third-order valence-electron chi connectivity index (χ3n) is 1.59. The number of hydrogen-bond donors (Lipinski definition) is 0. The number of hydrogen-bond acceptors (Lipinski definition) is 5. The van der Waals surface area contributed by atoms with E-state index in [1.165, 1.54) is 0 Å². The summed E-state index contributed by atoms with van der Waals surface area (Å²) in [7, 11) is 0. The predicted molar refractivity (Wildman–Crippen MR) is 50.1 cm³/mol. The van der Waals surface area contributed by atoms with Crippen LogP contribution in [0, 0.1) is 0 Å². The Bertz CT molecular complexity index is 296. The van der Waals surface area contributed by atoms with Crippen molar-refractivity contribution in [1.82, 2.24) is 5.06 Å². The second-order valence-electron chi connectivity index (χ2n) is 2.92. The molecule has 1 aliphatic heterocycles. The highest BCUT2D eigenvalue weighted by Gasteiger charge is 2.32. The molecule has 0 N–H and O–H groups in total. The van der Waals surface area contributed by atoms with Crippen molar-refractivity contribution in [3.63, 3.8) is 0 Å². The Balaban J connectivity index is 2.51. The van der Waals surface area contributed by atoms with Crippen LogP contribution in [0.3, 0.4) is 0 Å². The highest BCUT2D eigenvalue weighted by atomic mass is 32.1. The Labute approximate surface area is 86.0 Å². The lowest BCUT2D eigenvalue weighted by Crippen LogP contribution is -2.32. The van der Waals surface area contributed by atoms with Crippen LogP contribution >= 0.6 is 12.2 Å². The summed E-state index contributed by atoms with van der Waals surface area (Å²) in [5.41, 5.74) is 0. The molecule has 0 bridgehead atoms. The number of nitrogens with zero attached hydrogens (tertiary/aromatic N) is 1. The van der Waals surface area contributed by atoms with Crippen molar-refractivity contribution in [2.24, 2.45) is 0 Å². The van der Waals surface area contributed by atoms with Crippen molar-refractivity contribution in [3.8, 4) is 0 Å². The minimum Gasteiger partial charge on any atom is -0.330 e. The summed E-state index contributed by atoms with van der Waals surface area (Å²) in [5, 5.41) is 0.514. The number of carbonyl (C=O) groups excluding carboxylic acids is 3. The fraction of sp³-hybridized carbons (Fsp3) is 0.500. The number of rotatable bonds is 3. The second kappa shape index (κ2) is 4.28. The first kappa shape index (κ1) is 10.8. The maximum absolute atomic E-state index is 11.0. The lowest BCUT2D eigenvalue weighted by Gasteiger charge is -2.11. The summed E-state index contributed by atoms with van der Waals surface area (Å²) in [6.07, 6.45) is 0.137. The van der Waals surface area contributed by atoms with E-state index in [2.05, 4.69) is 17.1 Å². The average Bonchev–Trinajstić information content (AvgIpc) is 2.34. The Morgan fingerprint density at radius 3 is 2.36 bits per heavy atom. The second-order valence-corrected chi connectivity index (χ2v) is 3.62. The van der Waals surface area contributed by atoms with Crippen molar-refractivity contribution in [1.29, 1.82) is 0 Å². The number of carbonyl (C=O) groups is 3. The highest BCUT2D eigenvalue weighted by Crippen LogP contribution is 2.12. The maximum atomic E-state index is 11.0. The SMILES string of the molecule is CC(=S)CC(=O)ON1C(=O)CCC1=O. The molecule has 0 aromatic carbocycles. The minimum absolute atomic E-state index is 0.0631. The third-order valence-corrected chi connectivity index (χ3v) is 1.74. The van der Waals surface area contributed by atoms with Crippen molar-refractivity contribution in [2.45, 2.75) is 26.2 Å². The van der Waals surface area contributed by atoms with Crippen molar-refractivity contribution < 1.29 is 19.2 Å². The van der Waals surface area contributed by atoms with E-state index in [-0.39, 0.29) is 19.3 Å². The molecule has 0 aromatic rings. The topological polar surface area (TPSA) is 63.7 Å². The van der Waals surface area contributed by atoms with Gasteiger partial charge in [-0.3, -0.25) is 9.59 Å². The van der Waals surface area contributed by atoms with Crippen LogP contribution in [0.5, 0.6) is 0 Å². The van der Waals surface area contributed by atoms with Gasteiger partial charge in [-0.25, -0.2) is 4.79 Å². The fourth-order valence-corrected chi connectivity index (χ4v) is 1.11. The molecule has 5 nitrogen and oxygen atoms in total. The van der Waals surface area contributed by atoms with Crippen LogP contribution < -0.4 is 0 Å². The van der Waals surface area contributed by atoms with E-state index in [0.717, 1.165) is 0 Å². The average molecular weight is 215 g/mol. The van der Waals surface area contributed by atoms with E-state index < -0.39 is 17.8 Å². The van der Waals surface area contributed by atoms with Gasteiger partial charge in [0.15, 0.2) is 0 Å². The van der Waals surface area contributed by atoms with Crippen LogP contribution in [-0.4, -0.2) is 27.7 Å². The quantitative estimate of drug-likeness (QED) is 0.503. The van der Waals surface area contributed by atoms with Gasteiger partial charge in [0, 0.05) is 17.7 Å². The zero-order valence-electron chi connectivity index (χ0n) is 7.61. The van der Waals surface area contributed by atoms with Gasteiger partial charge < -0.3 is 4.84 Å². The normalized spacial score (nSPS) is 15.9. The molecular formula is C8H9NO4S. The molecule has 0 atom stereocenters. The van der Waals surface area contributed by atoms with Gasteiger partial charge in [0.05, 0.1) is 6.42 Å². The molecule has 0 unspecified atom stereocenters. The first-order valence-electron chi connectivity index (χ1n) is 4.06. The van der Waals surface area contributed by atoms with E-state index >= 15 is 0 Å². The lowest BCUT2D eigenvalue weighted by molar-refractivity contribution is -0.196. The van der Waals surface area contributed by atoms with Crippen LogP contribution in [-0.2, 0) is 19.2 Å². The molecule has 76 valence electrons. The number of hydroxylamine groups is 2. The van der Waals surface area contributed by atoms with Gasteiger partial charge in [-0.2, -0.15) is 0 Å². The van der Waals surface area contributed by atoms with Gasteiger partial charge in [-0.05, 0) is 6.92 Å². The molecule has 1 aliphatic rings. The highest BCUT2D eigenvalue weighted by molar-refractivity contribution is 7.80. The Morgan fingerprint density at radius 1 is 1.43 bits per heavy atom. The first-order valence-corrected chi connectivity index (χ1v) is 4.47. The maximum Gasteiger partial charge on any atom is 0.338 e. The standard InChI is InChI=1S/C8H9NO4S/c1-5(14)4-8(12)13-9-6(10)2-3-7(9)11/h2-4H2,1H3. The Morgan fingerprint density at radius 2 is 1.93 bits per heavy atom. The van der Waals surface area contributed by atoms with Crippen LogP contribution in [0.1, 0.15) is 26.2 Å². The van der Waals surface area contributed by atoms with Crippen LogP contribution in [0.15, 0.2) is 0 Å². The zero-order chi connectivity index (χ0) is 10.7. The predicted octanol–water partition coefficient (Wildman–Crippen LogP) is 0.373. The first-order chi connectivity index (χ1) is 6.50. The van der Waals surface area contributed by atoms with Gasteiger partial charge in [-0.15, -0.1) is 5.06 Å². The largest absolute Gasteiger partial charge is 0.338 e. The summed E-state index contributed by atoms with van der Waals surface area (Å²) in [5.74, 6) is -1.64. The molecule has 6 heteroatoms. The third kappa shape index (κ3) is 2.59. The summed E-state index contributed by atoms with van der Waals surface area (Å²) < 4.78 is 0. The molecular weight excluding hydrogens is 206 g/mol. The van der Waals surface area contributed by atoms with Gasteiger partial charge >= 0.3 is 5.97 Å². The van der Waals surface area contributed by atoms with E-state index in [1.54, 1.807) is 6.92 Å². The molecule has 14 heavy (non-hydrogen) atoms. The molecule has 0 aromatic heterocycles. The fourth-order valence-electron chi connectivity index (χ4n) is 0.995. The van der Waals surface area contributed by atoms with Gasteiger partial charge in [-0.1, -0.05) is 12.2 Å². The van der Waals surface area contributed by atoms with Crippen LogP contribution in [0.4, 0.5) is 0 Å². The van der Waals surface area contributed by atoms with E-state index in [0.29, 0.717) is 9.93 Å². The van der Waals surface area contributed by atoms with Crippen LogP contribution in [0.2, 0.25) is 0 Å². The summed E-state index contributed by atoms with van der Waals surface area (Å²) >= 11 is 4.68. The molecule has 0 spiro atoms. The van der Waals surface area contributed by atoms with Crippen molar-refractivity contribution in [2.75, 3.05) is 0 Å².